The highest BCUT2D eigenvalue weighted by Crippen LogP contribution is 2.23. The summed E-state index contributed by atoms with van der Waals surface area (Å²) in [6.45, 7) is 0. The fourth-order valence-electron chi connectivity index (χ4n) is 2.02. The van der Waals surface area contributed by atoms with E-state index in [-0.39, 0.29) is 6.04 Å². The predicted octanol–water partition coefficient (Wildman–Crippen LogP) is 3.23. The number of nitrogens with two attached hydrogens (primary N) is 1. The molecule has 1 heterocycles. The lowest BCUT2D eigenvalue weighted by Gasteiger charge is -2.11. The van der Waals surface area contributed by atoms with Crippen molar-refractivity contribution in [1.82, 2.24) is 9.78 Å². The molecule has 0 aliphatic heterocycles. The molecule has 2 N–H and O–H groups in total. The van der Waals surface area contributed by atoms with Crippen LogP contribution in [0.4, 0.5) is 0 Å². The molecule has 1 aromatic heterocycles. The van der Waals surface area contributed by atoms with Crippen LogP contribution in [0.15, 0.2) is 30.6 Å². The van der Waals surface area contributed by atoms with E-state index >= 15 is 0 Å². The van der Waals surface area contributed by atoms with Crippen LogP contribution in [0, 0.1) is 0 Å². The zero-order chi connectivity index (χ0) is 13.8. The summed E-state index contributed by atoms with van der Waals surface area (Å²) in [7, 11) is 1.92. The minimum Gasteiger partial charge on any atom is -0.327 e. The van der Waals surface area contributed by atoms with Crippen molar-refractivity contribution in [3.63, 3.8) is 0 Å². The number of rotatable bonds is 5. The number of aryl methyl sites for hydroxylation is 2. The first-order chi connectivity index (χ1) is 9.04. The summed E-state index contributed by atoms with van der Waals surface area (Å²) in [5.41, 5.74) is 8.48. The van der Waals surface area contributed by atoms with Crippen LogP contribution in [0.1, 0.15) is 17.5 Å². The second-order valence-corrected chi connectivity index (χ2v) is 5.59. The van der Waals surface area contributed by atoms with E-state index in [1.54, 1.807) is 4.68 Å². The third kappa shape index (κ3) is 4.23. The molecule has 5 heteroatoms. The topological polar surface area (TPSA) is 43.8 Å². The summed E-state index contributed by atoms with van der Waals surface area (Å²) in [5, 5.41) is 5.30. The number of hydrogen-bond donors (Lipinski definition) is 1. The lowest BCUT2D eigenvalue weighted by Crippen LogP contribution is -2.23. The fourth-order valence-corrected chi connectivity index (χ4v) is 2.35. The van der Waals surface area contributed by atoms with Crippen molar-refractivity contribution in [2.75, 3.05) is 0 Å². The smallest absolute Gasteiger partial charge is 0.0595 e. The molecule has 0 aliphatic rings. The van der Waals surface area contributed by atoms with E-state index in [4.69, 9.17) is 28.9 Å². The Balaban J connectivity index is 1.86. The van der Waals surface area contributed by atoms with Gasteiger partial charge in [-0.2, -0.15) is 5.10 Å². The van der Waals surface area contributed by atoms with Crippen molar-refractivity contribution in [3.05, 3.63) is 51.8 Å². The molecule has 19 heavy (non-hydrogen) atoms. The van der Waals surface area contributed by atoms with Gasteiger partial charge in [-0.3, -0.25) is 4.68 Å². The van der Waals surface area contributed by atoms with E-state index in [0.29, 0.717) is 10.0 Å². The van der Waals surface area contributed by atoms with Crippen LogP contribution < -0.4 is 5.73 Å². The maximum atomic E-state index is 6.15. The molecule has 0 radical (unpaired) electrons. The van der Waals surface area contributed by atoms with E-state index in [9.17, 15) is 0 Å². The van der Waals surface area contributed by atoms with Crippen molar-refractivity contribution in [2.24, 2.45) is 12.8 Å². The Kier molecular flexibility index (Phi) is 4.86. The van der Waals surface area contributed by atoms with Gasteiger partial charge in [-0.05, 0) is 42.5 Å². The average Bonchev–Trinajstić information content (AvgIpc) is 2.77. The number of hydrogen-bond acceptors (Lipinski definition) is 2. The normalized spacial score (nSPS) is 12.6. The van der Waals surface area contributed by atoms with E-state index in [2.05, 4.69) is 5.10 Å². The van der Waals surface area contributed by atoms with Gasteiger partial charge in [0.25, 0.3) is 0 Å². The summed E-state index contributed by atoms with van der Waals surface area (Å²) in [6.07, 6.45) is 6.57. The maximum absolute atomic E-state index is 6.15. The van der Waals surface area contributed by atoms with Gasteiger partial charge in [-0.15, -0.1) is 0 Å². The van der Waals surface area contributed by atoms with E-state index in [1.807, 2.05) is 37.6 Å². The molecule has 0 spiro atoms. The molecule has 1 aromatic carbocycles. The number of aromatic nitrogens is 2. The highest BCUT2D eigenvalue weighted by Gasteiger charge is 2.07. The Labute approximate surface area is 123 Å². The lowest BCUT2D eigenvalue weighted by atomic mass is 10.0. The van der Waals surface area contributed by atoms with Gasteiger partial charge in [-0.1, -0.05) is 29.3 Å². The molecule has 1 atom stereocenters. The Bertz CT molecular complexity index is 551. The van der Waals surface area contributed by atoms with Crippen molar-refractivity contribution < 1.29 is 0 Å². The SMILES string of the molecule is Cn1cc(CCC(N)Cc2ccc(Cl)c(Cl)c2)cn1. The predicted molar refractivity (Wildman–Crippen MR) is 79.7 cm³/mol. The Hall–Kier alpha value is -1.03. The standard InChI is InChI=1S/C14H17Cl2N3/c1-19-9-11(8-18-19)2-4-12(17)6-10-3-5-13(15)14(16)7-10/h3,5,7-9,12H,2,4,6,17H2,1H3. The first-order valence-corrected chi connectivity index (χ1v) is 6.97. The van der Waals surface area contributed by atoms with Crippen LogP contribution >= 0.6 is 23.2 Å². The molecular formula is C14H17Cl2N3. The van der Waals surface area contributed by atoms with Crippen LogP contribution in [0.2, 0.25) is 10.0 Å². The number of halogens is 2. The van der Waals surface area contributed by atoms with Gasteiger partial charge in [0.2, 0.25) is 0 Å². The van der Waals surface area contributed by atoms with Crippen molar-refractivity contribution in [2.45, 2.75) is 25.3 Å². The second-order valence-electron chi connectivity index (χ2n) is 4.77. The van der Waals surface area contributed by atoms with E-state index in [0.717, 1.165) is 24.8 Å². The minimum atomic E-state index is 0.109. The van der Waals surface area contributed by atoms with Gasteiger partial charge < -0.3 is 5.73 Å². The summed E-state index contributed by atoms with van der Waals surface area (Å²) in [4.78, 5) is 0. The lowest BCUT2D eigenvalue weighted by molar-refractivity contribution is 0.610. The van der Waals surface area contributed by atoms with Gasteiger partial charge in [0.15, 0.2) is 0 Å². The Morgan fingerprint density at radius 2 is 2.05 bits per heavy atom. The number of benzene rings is 1. The molecule has 0 saturated carbocycles. The monoisotopic (exact) mass is 297 g/mol. The zero-order valence-electron chi connectivity index (χ0n) is 10.8. The van der Waals surface area contributed by atoms with Gasteiger partial charge in [0, 0.05) is 19.3 Å². The molecule has 0 saturated heterocycles. The second kappa shape index (κ2) is 6.42. The first kappa shape index (κ1) is 14.4. The van der Waals surface area contributed by atoms with Crippen LogP contribution in [0.5, 0.6) is 0 Å². The van der Waals surface area contributed by atoms with E-state index < -0.39 is 0 Å². The number of nitrogens with zero attached hydrogens (tertiary/aromatic N) is 2. The third-order valence-corrected chi connectivity index (χ3v) is 3.78. The van der Waals surface area contributed by atoms with Crippen LogP contribution in [0.3, 0.4) is 0 Å². The quantitative estimate of drug-likeness (QED) is 0.921. The van der Waals surface area contributed by atoms with E-state index in [1.165, 1.54) is 5.56 Å². The molecule has 3 nitrogen and oxygen atoms in total. The molecule has 102 valence electrons. The fraction of sp³-hybridized carbons (Fsp3) is 0.357. The first-order valence-electron chi connectivity index (χ1n) is 6.21. The van der Waals surface area contributed by atoms with Crippen molar-refractivity contribution in [3.8, 4) is 0 Å². The molecule has 0 bridgehead atoms. The highest BCUT2D eigenvalue weighted by atomic mass is 35.5. The molecule has 1 unspecified atom stereocenters. The Morgan fingerprint density at radius 1 is 1.26 bits per heavy atom. The van der Waals surface area contributed by atoms with Crippen LogP contribution in [-0.4, -0.2) is 15.8 Å². The van der Waals surface area contributed by atoms with Crippen LogP contribution in [0.25, 0.3) is 0 Å². The van der Waals surface area contributed by atoms with Crippen molar-refractivity contribution in [1.29, 1.82) is 0 Å². The van der Waals surface area contributed by atoms with Gasteiger partial charge in [0.1, 0.15) is 0 Å². The third-order valence-electron chi connectivity index (χ3n) is 3.04. The van der Waals surface area contributed by atoms with Gasteiger partial charge in [0.05, 0.1) is 16.2 Å². The molecule has 0 fully saturated rings. The summed E-state index contributed by atoms with van der Waals surface area (Å²) < 4.78 is 1.81. The molecule has 0 amide bonds. The molecule has 2 rings (SSSR count). The maximum Gasteiger partial charge on any atom is 0.0595 e. The van der Waals surface area contributed by atoms with Crippen molar-refractivity contribution >= 4 is 23.2 Å². The van der Waals surface area contributed by atoms with Gasteiger partial charge >= 0.3 is 0 Å². The largest absolute Gasteiger partial charge is 0.327 e. The summed E-state index contributed by atoms with van der Waals surface area (Å²) >= 11 is 11.9. The van der Waals surface area contributed by atoms with Gasteiger partial charge in [-0.25, -0.2) is 0 Å². The molecule has 0 aliphatic carbocycles. The average molecular weight is 298 g/mol. The van der Waals surface area contributed by atoms with Crippen LogP contribution in [-0.2, 0) is 19.9 Å². The molecule has 2 aromatic rings. The summed E-state index contributed by atoms with van der Waals surface area (Å²) in [6, 6.07) is 5.77. The highest BCUT2D eigenvalue weighted by molar-refractivity contribution is 6.42. The summed E-state index contributed by atoms with van der Waals surface area (Å²) in [5.74, 6) is 0. The zero-order valence-corrected chi connectivity index (χ0v) is 12.3. The minimum absolute atomic E-state index is 0.109. The Morgan fingerprint density at radius 3 is 2.68 bits per heavy atom. The molecular weight excluding hydrogens is 281 g/mol.